The fourth-order valence-corrected chi connectivity index (χ4v) is 6.49. The third kappa shape index (κ3) is 6.99. The molecule has 43 heavy (non-hydrogen) atoms. The van der Waals surface area contributed by atoms with Crippen molar-refractivity contribution in [2.45, 2.75) is 37.5 Å². The lowest BCUT2D eigenvalue weighted by molar-refractivity contribution is 0.0916. The number of hydrogen-bond acceptors (Lipinski definition) is 9. The Morgan fingerprint density at radius 2 is 1.86 bits per heavy atom. The number of halogens is 2. The van der Waals surface area contributed by atoms with E-state index in [2.05, 4.69) is 32.5 Å². The van der Waals surface area contributed by atoms with Gasteiger partial charge in [-0.2, -0.15) is 9.29 Å². The molecule has 1 amide bonds. The number of sulfonamides is 1. The molecule has 0 spiro atoms. The normalized spacial score (nSPS) is 19.2. The number of likely N-dealkylation sites (N-methyl/N-ethyl adjacent to an activating group) is 1. The summed E-state index contributed by atoms with van der Waals surface area (Å²) >= 11 is 13.0. The van der Waals surface area contributed by atoms with Crippen LogP contribution < -0.4 is 20.1 Å². The predicted octanol–water partition coefficient (Wildman–Crippen LogP) is 4.30. The van der Waals surface area contributed by atoms with Crippen LogP contribution in [0.25, 0.3) is 0 Å². The molecule has 2 aliphatic rings. The van der Waals surface area contributed by atoms with Gasteiger partial charge in [-0.3, -0.25) is 4.79 Å². The number of rotatable bonds is 9. The first-order valence-electron chi connectivity index (χ1n) is 13.8. The molecule has 0 bridgehead atoms. The Morgan fingerprint density at radius 1 is 1.14 bits per heavy atom. The molecule has 0 radical (unpaired) electrons. The minimum atomic E-state index is -3.53. The number of piperidine rings is 1. The van der Waals surface area contributed by atoms with Gasteiger partial charge >= 0.3 is 0 Å². The van der Waals surface area contributed by atoms with Gasteiger partial charge in [0.15, 0.2) is 0 Å². The Bertz CT molecular complexity index is 1620. The van der Waals surface area contributed by atoms with E-state index in [0.717, 1.165) is 43.3 Å². The number of amides is 1. The number of methoxy groups -OCH3 is 1. The Labute approximate surface area is 261 Å². The molecule has 11 nitrogen and oxygen atoms in total. The third-order valence-corrected chi connectivity index (χ3v) is 9.72. The summed E-state index contributed by atoms with van der Waals surface area (Å²) in [6.45, 7) is 1.83. The van der Waals surface area contributed by atoms with Crippen molar-refractivity contribution >= 4 is 50.8 Å². The summed E-state index contributed by atoms with van der Waals surface area (Å²) in [5.41, 5.74) is 2.57. The number of likely N-dealkylation sites (tertiary alicyclic amines) is 1. The van der Waals surface area contributed by atoms with Gasteiger partial charge in [-0.15, -0.1) is 0 Å². The van der Waals surface area contributed by atoms with Crippen LogP contribution in [0.2, 0.25) is 10.0 Å². The molecule has 1 aliphatic carbocycles. The number of nitrogens with zero attached hydrogens (tertiary/aromatic N) is 4. The molecule has 2 N–H and O–H groups in total. The van der Waals surface area contributed by atoms with Gasteiger partial charge in [0.05, 0.1) is 41.9 Å². The Hall–Kier alpha value is -3.16. The van der Waals surface area contributed by atoms with Gasteiger partial charge in [0, 0.05) is 19.5 Å². The first kappa shape index (κ1) is 31.3. The van der Waals surface area contributed by atoms with E-state index in [1.54, 1.807) is 12.1 Å². The van der Waals surface area contributed by atoms with E-state index in [-0.39, 0.29) is 33.8 Å². The fourth-order valence-electron chi connectivity index (χ4n) is 5.45. The summed E-state index contributed by atoms with van der Waals surface area (Å²) in [6.07, 6.45) is 4.17. The van der Waals surface area contributed by atoms with Crippen LogP contribution in [0.4, 0.5) is 11.6 Å². The number of aromatic nitrogens is 2. The van der Waals surface area contributed by atoms with Crippen LogP contribution in [0, 0.1) is 0 Å². The number of carbonyl (C=O) groups excluding carboxylic acids is 1. The van der Waals surface area contributed by atoms with Gasteiger partial charge in [0.1, 0.15) is 16.9 Å². The van der Waals surface area contributed by atoms with Crippen molar-refractivity contribution in [3.05, 3.63) is 69.3 Å². The quantitative estimate of drug-likeness (QED) is 0.349. The molecular formula is C29H34Cl2N6O5S. The molecule has 1 fully saturated rings. The smallest absolute Gasteiger partial charge is 0.253 e. The highest BCUT2D eigenvalue weighted by molar-refractivity contribution is 7.88. The number of anilines is 2. The van der Waals surface area contributed by atoms with Crippen molar-refractivity contribution in [3.63, 3.8) is 0 Å². The van der Waals surface area contributed by atoms with Crippen LogP contribution >= 0.6 is 23.2 Å². The van der Waals surface area contributed by atoms with Crippen LogP contribution in [-0.2, 0) is 16.4 Å². The average molecular weight is 650 g/mol. The zero-order chi connectivity index (χ0) is 30.9. The molecule has 2 atom stereocenters. The fraction of sp³-hybridized carbons (Fsp3) is 0.414. The number of ether oxygens (including phenoxy) is 2. The van der Waals surface area contributed by atoms with Crippen molar-refractivity contribution in [2.75, 3.05) is 45.9 Å². The first-order valence-corrected chi connectivity index (χ1v) is 16.4. The largest absolute Gasteiger partial charge is 0.495 e. The molecule has 1 aliphatic heterocycles. The SMILES string of the molecule is COc1cc(C(=O)NC2CCN(C)CC2)c(Cl)cc1Nc1ncc(Cl)c(O[C@@H]2Cc3ccccc3[C@H]2N(C)S(C)(=O)=O)n1. The molecule has 2 heterocycles. The van der Waals surface area contributed by atoms with E-state index in [9.17, 15) is 13.2 Å². The van der Waals surface area contributed by atoms with E-state index < -0.39 is 22.2 Å². The molecule has 2 aromatic carbocycles. The number of benzene rings is 2. The second-order valence-corrected chi connectivity index (χ2v) is 13.7. The van der Waals surface area contributed by atoms with E-state index in [4.69, 9.17) is 32.7 Å². The standard InChI is InChI=1S/C29H34Cl2N6O5S/c1-36-11-9-18(10-12-36)33-27(38)20-14-24(41-3)23(15-21(20)30)34-29-32-16-22(31)28(35-29)42-25-13-17-7-5-6-8-19(17)26(25)37(2)43(4,39)40/h5-8,14-16,18,25-26H,9-13H2,1-4H3,(H,33,38)(H,32,34,35)/t25-,26-/m1/s1. The third-order valence-electron chi connectivity index (χ3n) is 7.87. The van der Waals surface area contributed by atoms with Crippen LogP contribution in [0.3, 0.4) is 0 Å². The first-order chi connectivity index (χ1) is 20.4. The second-order valence-electron chi connectivity index (χ2n) is 10.8. The number of carbonyl (C=O) groups is 1. The maximum absolute atomic E-state index is 13.0. The predicted molar refractivity (Wildman–Crippen MR) is 166 cm³/mol. The maximum atomic E-state index is 13.0. The molecule has 5 rings (SSSR count). The summed E-state index contributed by atoms with van der Waals surface area (Å²) in [5, 5.41) is 6.53. The van der Waals surface area contributed by atoms with Gasteiger partial charge in [0.25, 0.3) is 5.91 Å². The summed E-state index contributed by atoms with van der Waals surface area (Å²) in [5.74, 6) is 0.318. The molecule has 14 heteroatoms. The van der Waals surface area contributed by atoms with Crippen LogP contribution in [-0.4, -0.2) is 86.2 Å². The molecule has 1 saturated heterocycles. The zero-order valence-electron chi connectivity index (χ0n) is 24.3. The van der Waals surface area contributed by atoms with E-state index >= 15 is 0 Å². The topological polar surface area (TPSA) is 126 Å². The minimum absolute atomic E-state index is 0.0777. The van der Waals surface area contributed by atoms with Gasteiger partial charge < -0.3 is 25.0 Å². The van der Waals surface area contributed by atoms with Gasteiger partial charge in [-0.1, -0.05) is 47.5 Å². The number of fused-ring (bicyclic) bond motifs is 1. The second kappa shape index (κ2) is 12.8. The summed E-state index contributed by atoms with van der Waals surface area (Å²) in [4.78, 5) is 24.0. The molecule has 0 unspecified atom stereocenters. The van der Waals surface area contributed by atoms with Crippen molar-refractivity contribution in [1.29, 1.82) is 0 Å². The van der Waals surface area contributed by atoms with Crippen LogP contribution in [0.5, 0.6) is 11.6 Å². The van der Waals surface area contributed by atoms with Gasteiger partial charge in [-0.25, -0.2) is 13.4 Å². The van der Waals surface area contributed by atoms with Gasteiger partial charge in [0.2, 0.25) is 21.9 Å². The van der Waals surface area contributed by atoms with E-state index in [0.29, 0.717) is 23.4 Å². The lowest BCUT2D eigenvalue weighted by Gasteiger charge is -2.29. The molecular weight excluding hydrogens is 615 g/mol. The highest BCUT2D eigenvalue weighted by Crippen LogP contribution is 2.40. The van der Waals surface area contributed by atoms with Crippen LogP contribution in [0.15, 0.2) is 42.6 Å². The summed E-state index contributed by atoms with van der Waals surface area (Å²) in [6, 6.07) is 10.3. The molecule has 0 saturated carbocycles. The Balaban J connectivity index is 1.36. The highest BCUT2D eigenvalue weighted by atomic mass is 35.5. The van der Waals surface area contributed by atoms with E-state index in [1.807, 2.05) is 24.3 Å². The lowest BCUT2D eigenvalue weighted by Crippen LogP contribution is -2.43. The summed E-state index contributed by atoms with van der Waals surface area (Å²) in [7, 11) is 1.55. The average Bonchev–Trinajstić information content (AvgIpc) is 3.32. The molecule has 230 valence electrons. The lowest BCUT2D eigenvalue weighted by atomic mass is 10.0. The van der Waals surface area contributed by atoms with Crippen molar-refractivity contribution in [3.8, 4) is 11.6 Å². The minimum Gasteiger partial charge on any atom is -0.495 e. The molecule has 1 aromatic heterocycles. The van der Waals surface area contributed by atoms with E-state index in [1.165, 1.54) is 24.7 Å². The Morgan fingerprint density at radius 3 is 2.56 bits per heavy atom. The van der Waals surface area contributed by atoms with Crippen LogP contribution in [0.1, 0.15) is 40.4 Å². The number of nitrogens with one attached hydrogen (secondary N) is 2. The molecule has 3 aromatic rings. The number of hydrogen-bond donors (Lipinski definition) is 2. The van der Waals surface area contributed by atoms with Crippen molar-refractivity contribution in [1.82, 2.24) is 24.5 Å². The monoisotopic (exact) mass is 648 g/mol. The zero-order valence-corrected chi connectivity index (χ0v) is 26.6. The summed E-state index contributed by atoms with van der Waals surface area (Å²) < 4.78 is 38.1. The van der Waals surface area contributed by atoms with Crippen molar-refractivity contribution < 1.29 is 22.7 Å². The Kier molecular flexibility index (Phi) is 9.33. The highest BCUT2D eigenvalue weighted by Gasteiger charge is 2.40. The van der Waals surface area contributed by atoms with Crippen molar-refractivity contribution in [2.24, 2.45) is 0 Å². The maximum Gasteiger partial charge on any atom is 0.253 e. The van der Waals surface area contributed by atoms with Gasteiger partial charge in [-0.05, 0) is 56.2 Å².